The molecule has 0 saturated carbocycles. The summed E-state index contributed by atoms with van der Waals surface area (Å²) in [7, 11) is 0. The smallest absolute Gasteiger partial charge is 0.238 e. The minimum Gasteiger partial charge on any atom is -1.00 e. The zero-order valence-corrected chi connectivity index (χ0v) is 33.5. The number of nitrogens with zero attached hydrogens (tertiary/aromatic N) is 2. The van der Waals surface area contributed by atoms with E-state index in [4.69, 9.17) is 0 Å². The Balaban J connectivity index is 0.0000115. The van der Waals surface area contributed by atoms with E-state index in [1.807, 2.05) is 6.07 Å². The van der Waals surface area contributed by atoms with E-state index in [0.717, 1.165) is 66.9 Å². The van der Waals surface area contributed by atoms with Crippen molar-refractivity contribution in [2.75, 3.05) is 51.1 Å². The van der Waals surface area contributed by atoms with Crippen LogP contribution in [0.3, 0.4) is 0 Å². The predicted octanol–water partition coefficient (Wildman–Crippen LogP) is 6.92. The molecular weight excluding hydrogens is 658 g/mol. The van der Waals surface area contributed by atoms with Gasteiger partial charge in [-0.25, -0.2) is 0 Å². The first kappa shape index (κ1) is 44.0. The van der Waals surface area contributed by atoms with Crippen LogP contribution in [-0.4, -0.2) is 66.9 Å². The normalized spacial score (nSPS) is 12.5. The molecule has 1 N–H and O–H groups in total. The van der Waals surface area contributed by atoms with Crippen molar-refractivity contribution in [3.8, 4) is 0 Å². The van der Waals surface area contributed by atoms with E-state index in [1.165, 1.54) is 87.3 Å². The van der Waals surface area contributed by atoms with Gasteiger partial charge in [-0.15, -0.1) is 0 Å². The number of halogens is 1. The number of hydrogen-bond acceptors (Lipinski definition) is 3. The zero-order chi connectivity index (χ0) is 34.5. The lowest BCUT2D eigenvalue weighted by atomic mass is 9.97. The minimum absolute atomic E-state index is 0. The number of carbonyl (C=O) groups is 2. The number of carbonyl (C=O) groups excluding carboxylic acids is 2. The van der Waals surface area contributed by atoms with Crippen LogP contribution in [0, 0.1) is 27.7 Å². The van der Waals surface area contributed by atoms with E-state index in [2.05, 4.69) is 89.0 Å². The van der Waals surface area contributed by atoms with Crippen LogP contribution >= 0.6 is 0 Å². The van der Waals surface area contributed by atoms with Gasteiger partial charge in [0.2, 0.25) is 5.91 Å². The molecular formula is C42H70BrN3O2. The molecule has 0 aliphatic carbocycles. The van der Waals surface area contributed by atoms with Crippen LogP contribution in [0.1, 0.15) is 132 Å². The van der Waals surface area contributed by atoms with Crippen molar-refractivity contribution in [3.05, 3.63) is 64.2 Å². The largest absolute Gasteiger partial charge is 1.00 e. The Hall–Kier alpha value is -2.02. The highest BCUT2D eigenvalue weighted by atomic mass is 79.9. The Morgan fingerprint density at radius 1 is 0.646 bits per heavy atom. The first-order chi connectivity index (χ1) is 22.6. The van der Waals surface area contributed by atoms with Crippen LogP contribution in [0.15, 0.2) is 36.4 Å². The van der Waals surface area contributed by atoms with Crippen LogP contribution < -0.4 is 22.3 Å². The molecule has 0 spiro atoms. The summed E-state index contributed by atoms with van der Waals surface area (Å²) in [6.45, 7) is 21.5. The molecule has 0 radical (unpaired) electrons. The van der Waals surface area contributed by atoms with Crippen molar-refractivity contribution in [1.29, 1.82) is 0 Å². The number of likely N-dealkylation sites (N-methyl/N-ethyl adjacent to an activating group) is 1. The summed E-state index contributed by atoms with van der Waals surface area (Å²) in [6, 6.07) is 12.5. The molecule has 1 amide bonds. The number of aryl methyl sites for hydroxylation is 4. The topological polar surface area (TPSA) is 49.4 Å². The molecule has 0 saturated heterocycles. The lowest BCUT2D eigenvalue weighted by Crippen LogP contribution is -3.00. The van der Waals surface area contributed by atoms with E-state index in [0.29, 0.717) is 25.3 Å². The van der Waals surface area contributed by atoms with Crippen LogP contribution in [0.2, 0.25) is 0 Å². The van der Waals surface area contributed by atoms with E-state index in [9.17, 15) is 9.59 Å². The highest BCUT2D eigenvalue weighted by Gasteiger charge is 2.28. The maximum Gasteiger partial charge on any atom is 0.238 e. The molecule has 1 atom stereocenters. The maximum absolute atomic E-state index is 13.3. The van der Waals surface area contributed by atoms with Gasteiger partial charge in [0.15, 0.2) is 5.78 Å². The number of benzene rings is 2. The van der Waals surface area contributed by atoms with Gasteiger partial charge in [-0.2, -0.15) is 0 Å². The average Bonchev–Trinajstić information content (AvgIpc) is 3.03. The first-order valence-corrected chi connectivity index (χ1v) is 19.1. The third-order valence-electron chi connectivity index (χ3n) is 10.2. The Labute approximate surface area is 306 Å². The molecule has 48 heavy (non-hydrogen) atoms. The van der Waals surface area contributed by atoms with Gasteiger partial charge < -0.3 is 26.8 Å². The van der Waals surface area contributed by atoms with Crippen LogP contribution in [0.4, 0.5) is 5.69 Å². The number of ketones is 1. The van der Waals surface area contributed by atoms with Crippen molar-refractivity contribution in [3.63, 3.8) is 0 Å². The fourth-order valence-electron chi connectivity index (χ4n) is 7.20. The molecule has 2 aromatic rings. The van der Waals surface area contributed by atoms with E-state index >= 15 is 0 Å². The Kier molecular flexibility index (Phi) is 22.9. The molecule has 0 aromatic heterocycles. The van der Waals surface area contributed by atoms with Crippen LogP contribution in [0.25, 0.3) is 0 Å². The molecule has 0 bridgehead atoms. The summed E-state index contributed by atoms with van der Waals surface area (Å²) in [5.41, 5.74) is 6.89. The molecule has 0 heterocycles. The van der Waals surface area contributed by atoms with Gasteiger partial charge in [0, 0.05) is 12.1 Å². The first-order valence-electron chi connectivity index (χ1n) is 19.1. The van der Waals surface area contributed by atoms with E-state index in [-0.39, 0.29) is 22.9 Å². The average molecular weight is 729 g/mol. The van der Waals surface area contributed by atoms with Gasteiger partial charge in [0.25, 0.3) is 0 Å². The lowest BCUT2D eigenvalue weighted by Gasteiger charge is -2.37. The Morgan fingerprint density at radius 2 is 1.15 bits per heavy atom. The van der Waals surface area contributed by atoms with Crippen molar-refractivity contribution < 1.29 is 31.1 Å². The van der Waals surface area contributed by atoms with Gasteiger partial charge in [-0.3, -0.25) is 14.5 Å². The molecule has 0 fully saturated rings. The van der Waals surface area contributed by atoms with Crippen LogP contribution in [-0.2, 0) is 16.0 Å². The number of anilines is 1. The number of nitrogens with one attached hydrogen (secondary N) is 1. The molecule has 1 unspecified atom stereocenters. The van der Waals surface area contributed by atoms with Gasteiger partial charge in [0.1, 0.15) is 6.54 Å². The van der Waals surface area contributed by atoms with Gasteiger partial charge in [-0.1, -0.05) is 102 Å². The quantitative estimate of drug-likeness (QED) is 0.0846. The van der Waals surface area contributed by atoms with Gasteiger partial charge >= 0.3 is 0 Å². The summed E-state index contributed by atoms with van der Waals surface area (Å²) in [6.07, 6.45) is 16.6. The Bertz CT molecular complexity index is 1160. The zero-order valence-electron chi connectivity index (χ0n) is 31.9. The highest BCUT2D eigenvalue weighted by Crippen LogP contribution is 2.20. The number of rotatable bonds is 26. The van der Waals surface area contributed by atoms with Crippen molar-refractivity contribution >= 4 is 17.4 Å². The molecule has 0 aliphatic rings. The second-order valence-electron chi connectivity index (χ2n) is 14.3. The van der Waals surface area contributed by atoms with Crippen molar-refractivity contribution in [1.82, 2.24) is 4.90 Å². The monoisotopic (exact) mass is 727 g/mol. The molecule has 6 heteroatoms. The maximum atomic E-state index is 13.3. The number of unbranched alkanes of at least 4 members (excludes halogenated alkanes) is 10. The summed E-state index contributed by atoms with van der Waals surface area (Å²) < 4.78 is 0.928. The molecule has 272 valence electrons. The second kappa shape index (κ2) is 25.0. The number of hydrogen-bond donors (Lipinski definition) is 1. The van der Waals surface area contributed by atoms with Crippen molar-refractivity contribution in [2.45, 2.75) is 138 Å². The van der Waals surface area contributed by atoms with Crippen LogP contribution in [0.5, 0.6) is 0 Å². The van der Waals surface area contributed by atoms with Gasteiger partial charge in [0.05, 0.1) is 26.2 Å². The number of Topliss-reactive ketones (excluding diaryl/α,β-unsaturated/α-hetero) is 1. The molecule has 0 aliphatic heterocycles. The van der Waals surface area contributed by atoms with Crippen molar-refractivity contribution in [2.24, 2.45) is 0 Å². The molecule has 2 rings (SSSR count). The molecule has 5 nitrogen and oxygen atoms in total. The third kappa shape index (κ3) is 16.6. The highest BCUT2D eigenvalue weighted by molar-refractivity contribution is 5.93. The fraction of sp³-hybridized carbons (Fsp3) is 0.667. The second-order valence-corrected chi connectivity index (χ2v) is 14.3. The number of amides is 1. The summed E-state index contributed by atoms with van der Waals surface area (Å²) in [4.78, 5) is 28.8. The van der Waals surface area contributed by atoms with E-state index in [1.54, 1.807) is 0 Å². The lowest BCUT2D eigenvalue weighted by molar-refractivity contribution is -0.919. The minimum atomic E-state index is 0. The fourth-order valence-corrected chi connectivity index (χ4v) is 7.20. The summed E-state index contributed by atoms with van der Waals surface area (Å²) >= 11 is 0. The number of quaternary nitrogens is 1. The number of para-hydroxylation sites is 1. The Morgan fingerprint density at radius 3 is 1.67 bits per heavy atom. The standard InChI is InChI=1S/C42H69N3O2.BrH/c1-8-11-12-13-16-19-28-44(33-41(47)43-42-37(6)26-23-27-38(42)7)29-20-17-14-15-18-21-31-45(10-3,30-9-2)34-39(46)32-40-35(4)24-22-25-36(40)5;/h22-27H,8-21,28-34H2,1-7H3;1H. The van der Waals surface area contributed by atoms with Gasteiger partial charge in [-0.05, 0) is 108 Å². The van der Waals surface area contributed by atoms with E-state index < -0.39 is 0 Å². The SMILES string of the molecule is CCCCCCCCN(CCCCCCCC[N+](CC)(CCC)CC(=O)Cc1c(C)cccc1C)CC(=O)Nc1c(C)cccc1C.[Br-]. The third-order valence-corrected chi connectivity index (χ3v) is 10.2. The predicted molar refractivity (Wildman–Crippen MR) is 202 cm³/mol. The molecule has 2 aromatic carbocycles. The summed E-state index contributed by atoms with van der Waals surface area (Å²) in [5, 5.41) is 3.20. The summed E-state index contributed by atoms with van der Waals surface area (Å²) in [5.74, 6) is 0.483.